The maximum absolute atomic E-state index is 13.3. The number of amides is 1. The van der Waals surface area contributed by atoms with E-state index in [0.717, 1.165) is 37.2 Å². The number of carbonyl (C=O) groups is 1. The summed E-state index contributed by atoms with van der Waals surface area (Å²) in [6, 6.07) is 15.0. The summed E-state index contributed by atoms with van der Waals surface area (Å²) in [7, 11) is 1.63. The minimum atomic E-state index is -0.0915. The number of rotatable bonds is 6. The second kappa shape index (κ2) is 10.0. The van der Waals surface area contributed by atoms with Gasteiger partial charge in [0.25, 0.3) is 5.56 Å². The van der Waals surface area contributed by atoms with Gasteiger partial charge in [-0.25, -0.2) is 4.98 Å². The summed E-state index contributed by atoms with van der Waals surface area (Å²) in [5.41, 5.74) is 1.54. The van der Waals surface area contributed by atoms with Crippen LogP contribution in [-0.4, -0.2) is 46.3 Å². The molecule has 4 rings (SSSR count). The minimum absolute atomic E-state index is 0.0915. The van der Waals surface area contributed by atoms with Gasteiger partial charge in [0.1, 0.15) is 5.75 Å². The average molecular weight is 438 g/mol. The molecule has 0 radical (unpaired) electrons. The smallest absolute Gasteiger partial charge is 0.262 e. The Bertz CT molecular complexity index is 1100. The SMILES string of the molecule is COc1ccc(Cn2c(SCC(=O)N3CCCCCC3)nc3ccccc3c2=O)cc1. The van der Waals surface area contributed by atoms with Crippen molar-refractivity contribution in [2.24, 2.45) is 0 Å². The highest BCUT2D eigenvalue weighted by atomic mass is 32.2. The van der Waals surface area contributed by atoms with E-state index in [1.54, 1.807) is 17.7 Å². The third kappa shape index (κ3) is 5.10. The number of aromatic nitrogens is 2. The van der Waals surface area contributed by atoms with E-state index in [0.29, 0.717) is 22.6 Å². The van der Waals surface area contributed by atoms with Crippen molar-refractivity contribution in [1.82, 2.24) is 14.5 Å². The van der Waals surface area contributed by atoms with Crippen molar-refractivity contribution in [3.63, 3.8) is 0 Å². The van der Waals surface area contributed by atoms with Gasteiger partial charge in [-0.3, -0.25) is 14.2 Å². The molecule has 0 saturated carbocycles. The Balaban J connectivity index is 1.61. The van der Waals surface area contributed by atoms with Crippen LogP contribution < -0.4 is 10.3 Å². The summed E-state index contributed by atoms with van der Waals surface area (Å²) in [4.78, 5) is 32.7. The van der Waals surface area contributed by atoms with Gasteiger partial charge in [-0.2, -0.15) is 0 Å². The first-order valence-corrected chi connectivity index (χ1v) is 11.7. The van der Waals surface area contributed by atoms with Crippen molar-refractivity contribution < 1.29 is 9.53 Å². The molecule has 0 aliphatic carbocycles. The first kappa shape index (κ1) is 21.4. The Morgan fingerprint density at radius 1 is 1.03 bits per heavy atom. The van der Waals surface area contributed by atoms with E-state index in [9.17, 15) is 9.59 Å². The van der Waals surface area contributed by atoms with Crippen LogP contribution in [0.1, 0.15) is 31.2 Å². The molecule has 0 bridgehead atoms. The molecule has 1 aromatic heterocycles. The highest BCUT2D eigenvalue weighted by molar-refractivity contribution is 7.99. The highest BCUT2D eigenvalue weighted by Gasteiger charge is 2.18. The number of ether oxygens (including phenoxy) is 1. The molecule has 6 nitrogen and oxygen atoms in total. The normalized spacial score (nSPS) is 14.4. The molecule has 31 heavy (non-hydrogen) atoms. The Morgan fingerprint density at radius 2 is 1.74 bits per heavy atom. The van der Waals surface area contributed by atoms with Crippen molar-refractivity contribution in [3.8, 4) is 5.75 Å². The van der Waals surface area contributed by atoms with Gasteiger partial charge in [0.05, 0.1) is 30.3 Å². The van der Waals surface area contributed by atoms with E-state index in [2.05, 4.69) is 0 Å². The van der Waals surface area contributed by atoms with E-state index in [1.165, 1.54) is 24.6 Å². The minimum Gasteiger partial charge on any atom is -0.497 e. The number of likely N-dealkylation sites (tertiary alicyclic amines) is 1. The second-order valence-electron chi connectivity index (χ2n) is 7.73. The summed E-state index contributed by atoms with van der Waals surface area (Å²) in [5, 5.41) is 1.15. The van der Waals surface area contributed by atoms with Crippen molar-refractivity contribution in [1.29, 1.82) is 0 Å². The molecule has 1 fully saturated rings. The van der Waals surface area contributed by atoms with Crippen molar-refractivity contribution >= 4 is 28.6 Å². The topological polar surface area (TPSA) is 64.4 Å². The van der Waals surface area contributed by atoms with Gasteiger partial charge >= 0.3 is 0 Å². The van der Waals surface area contributed by atoms with Gasteiger partial charge in [-0.05, 0) is 42.7 Å². The van der Waals surface area contributed by atoms with Crippen LogP contribution in [0.25, 0.3) is 10.9 Å². The first-order valence-electron chi connectivity index (χ1n) is 10.7. The molecule has 7 heteroatoms. The zero-order chi connectivity index (χ0) is 21.6. The summed E-state index contributed by atoms with van der Waals surface area (Å²) in [6.45, 7) is 2.04. The molecular formula is C24H27N3O3S. The fraction of sp³-hybridized carbons (Fsp3) is 0.375. The van der Waals surface area contributed by atoms with Crippen molar-refractivity contribution in [3.05, 3.63) is 64.4 Å². The molecule has 1 aliphatic rings. The van der Waals surface area contributed by atoms with Crippen LogP contribution in [0.4, 0.5) is 0 Å². The maximum atomic E-state index is 13.3. The largest absolute Gasteiger partial charge is 0.497 e. The third-order valence-electron chi connectivity index (χ3n) is 5.61. The lowest BCUT2D eigenvalue weighted by atomic mass is 10.2. The van der Waals surface area contributed by atoms with Gasteiger partial charge in [-0.1, -0.05) is 48.9 Å². The lowest BCUT2D eigenvalue weighted by Crippen LogP contribution is -2.33. The summed E-state index contributed by atoms with van der Waals surface area (Å²) >= 11 is 1.35. The number of hydrogen-bond donors (Lipinski definition) is 0. The zero-order valence-electron chi connectivity index (χ0n) is 17.8. The molecule has 0 spiro atoms. The van der Waals surface area contributed by atoms with Gasteiger partial charge in [0, 0.05) is 13.1 Å². The number of nitrogens with zero attached hydrogens (tertiary/aromatic N) is 3. The number of thioether (sulfide) groups is 1. The van der Waals surface area contributed by atoms with Crippen LogP contribution >= 0.6 is 11.8 Å². The number of fused-ring (bicyclic) bond motifs is 1. The number of para-hydroxylation sites is 1. The Labute approximate surface area is 186 Å². The predicted octanol–water partition coefficient (Wildman–Crippen LogP) is 3.95. The second-order valence-corrected chi connectivity index (χ2v) is 8.68. The molecule has 2 heterocycles. The molecule has 1 saturated heterocycles. The third-order valence-corrected chi connectivity index (χ3v) is 6.57. The van der Waals surface area contributed by atoms with Crippen LogP contribution in [0.3, 0.4) is 0 Å². The fourth-order valence-corrected chi connectivity index (χ4v) is 4.75. The number of benzene rings is 2. The lowest BCUT2D eigenvalue weighted by Gasteiger charge is -2.20. The predicted molar refractivity (Wildman–Crippen MR) is 124 cm³/mol. The van der Waals surface area contributed by atoms with Crippen LogP contribution in [0.5, 0.6) is 5.75 Å². The Kier molecular flexibility index (Phi) is 6.92. The number of methoxy groups -OCH3 is 1. The molecule has 0 atom stereocenters. The van der Waals surface area contributed by atoms with Crippen LogP contribution in [0, 0.1) is 0 Å². The van der Waals surface area contributed by atoms with Crippen LogP contribution in [-0.2, 0) is 11.3 Å². The molecule has 0 unspecified atom stereocenters. The van der Waals surface area contributed by atoms with Gasteiger partial charge < -0.3 is 9.64 Å². The van der Waals surface area contributed by atoms with Crippen LogP contribution in [0.2, 0.25) is 0 Å². The molecule has 162 valence electrons. The monoisotopic (exact) mass is 437 g/mol. The van der Waals surface area contributed by atoms with Gasteiger partial charge in [0.15, 0.2) is 5.16 Å². The molecular weight excluding hydrogens is 410 g/mol. The van der Waals surface area contributed by atoms with E-state index < -0.39 is 0 Å². The zero-order valence-corrected chi connectivity index (χ0v) is 18.6. The molecule has 3 aromatic rings. The van der Waals surface area contributed by atoms with Gasteiger partial charge in [0.2, 0.25) is 5.91 Å². The summed E-state index contributed by atoms with van der Waals surface area (Å²) < 4.78 is 6.90. The quantitative estimate of drug-likeness (QED) is 0.432. The highest BCUT2D eigenvalue weighted by Crippen LogP contribution is 2.21. The number of hydrogen-bond acceptors (Lipinski definition) is 5. The van der Waals surface area contributed by atoms with Crippen LogP contribution in [0.15, 0.2) is 58.5 Å². The fourth-order valence-electron chi connectivity index (χ4n) is 3.85. The standard InChI is InChI=1S/C24H27N3O3S/c1-30-19-12-10-18(11-13-19)16-27-23(29)20-8-4-5-9-21(20)25-24(27)31-17-22(28)26-14-6-2-3-7-15-26/h4-5,8-13H,2-3,6-7,14-17H2,1H3. The molecule has 2 aromatic carbocycles. The van der Waals surface area contributed by atoms with E-state index >= 15 is 0 Å². The van der Waals surface area contributed by atoms with E-state index in [-0.39, 0.29) is 17.2 Å². The first-order chi connectivity index (χ1) is 15.2. The molecule has 1 aliphatic heterocycles. The summed E-state index contributed by atoms with van der Waals surface area (Å²) in [5.74, 6) is 1.17. The Hall–Kier alpha value is -2.80. The van der Waals surface area contributed by atoms with Crippen molar-refractivity contribution in [2.45, 2.75) is 37.4 Å². The molecule has 1 amide bonds. The average Bonchev–Trinajstić information content (AvgIpc) is 3.10. The van der Waals surface area contributed by atoms with Gasteiger partial charge in [-0.15, -0.1) is 0 Å². The number of carbonyl (C=O) groups excluding carboxylic acids is 1. The summed E-state index contributed by atoms with van der Waals surface area (Å²) in [6.07, 6.45) is 4.49. The lowest BCUT2D eigenvalue weighted by molar-refractivity contribution is -0.128. The maximum Gasteiger partial charge on any atom is 0.262 e. The Morgan fingerprint density at radius 3 is 2.45 bits per heavy atom. The van der Waals surface area contributed by atoms with Crippen molar-refractivity contribution in [2.75, 3.05) is 26.0 Å². The molecule has 0 N–H and O–H groups in total. The van der Waals surface area contributed by atoms with E-state index in [4.69, 9.17) is 9.72 Å². The van der Waals surface area contributed by atoms with E-state index in [1.807, 2.05) is 47.4 Å².